The monoisotopic (exact) mass is 239 g/mol. The molecule has 1 atom stereocenters. The molecule has 2 N–H and O–H groups in total. The van der Waals surface area contributed by atoms with Gasteiger partial charge in [-0.05, 0) is 25.7 Å². The smallest absolute Gasteiger partial charge is 0.226 e. The van der Waals surface area contributed by atoms with E-state index in [0.717, 1.165) is 37.6 Å². The first-order chi connectivity index (χ1) is 8.22. The van der Waals surface area contributed by atoms with Gasteiger partial charge in [-0.15, -0.1) is 0 Å². The van der Waals surface area contributed by atoms with Crippen molar-refractivity contribution in [3.63, 3.8) is 0 Å². The molecule has 1 heterocycles. The van der Waals surface area contributed by atoms with Crippen molar-refractivity contribution in [2.75, 3.05) is 13.2 Å². The van der Waals surface area contributed by atoms with E-state index in [1.165, 1.54) is 0 Å². The Morgan fingerprint density at radius 1 is 1.53 bits per heavy atom. The molecular formula is C12H21N3O2. The summed E-state index contributed by atoms with van der Waals surface area (Å²) in [5, 5.41) is 3.96. The zero-order valence-corrected chi connectivity index (χ0v) is 10.6. The van der Waals surface area contributed by atoms with Crippen LogP contribution < -0.4 is 5.73 Å². The first kappa shape index (κ1) is 12.5. The minimum absolute atomic E-state index is 0.171. The molecule has 0 aromatic carbocycles. The molecule has 17 heavy (non-hydrogen) atoms. The number of hydrogen-bond acceptors (Lipinski definition) is 5. The molecule has 0 spiro atoms. The Balaban J connectivity index is 1.79. The second-order valence-corrected chi connectivity index (χ2v) is 4.80. The topological polar surface area (TPSA) is 74.2 Å². The van der Waals surface area contributed by atoms with Gasteiger partial charge in [0.05, 0.1) is 6.10 Å². The van der Waals surface area contributed by atoms with E-state index < -0.39 is 0 Å². The van der Waals surface area contributed by atoms with Crippen LogP contribution in [0, 0.1) is 5.92 Å². The second kappa shape index (κ2) is 5.60. The van der Waals surface area contributed by atoms with E-state index in [0.29, 0.717) is 18.6 Å². The van der Waals surface area contributed by atoms with Crippen molar-refractivity contribution in [1.82, 2.24) is 10.1 Å². The first-order valence-corrected chi connectivity index (χ1v) is 6.37. The van der Waals surface area contributed by atoms with Crippen LogP contribution in [0.3, 0.4) is 0 Å². The van der Waals surface area contributed by atoms with Crippen LogP contribution in [0.2, 0.25) is 0 Å². The Kier molecular flexibility index (Phi) is 4.12. The molecule has 0 radical (unpaired) electrons. The average molecular weight is 239 g/mol. The maximum atomic E-state index is 5.57. The Morgan fingerprint density at radius 2 is 2.29 bits per heavy atom. The van der Waals surface area contributed by atoms with Crippen molar-refractivity contribution in [1.29, 1.82) is 0 Å². The lowest BCUT2D eigenvalue weighted by Crippen LogP contribution is -2.32. The molecule has 0 bridgehead atoms. The van der Waals surface area contributed by atoms with Gasteiger partial charge in [-0.2, -0.15) is 4.98 Å². The van der Waals surface area contributed by atoms with Crippen LogP contribution in [0.15, 0.2) is 4.52 Å². The molecule has 5 heteroatoms. The fraction of sp³-hybridized carbons (Fsp3) is 0.833. The number of nitrogens with zero attached hydrogens (tertiary/aromatic N) is 2. The third-order valence-electron chi connectivity index (χ3n) is 3.34. The van der Waals surface area contributed by atoms with Crippen LogP contribution >= 0.6 is 0 Å². The van der Waals surface area contributed by atoms with E-state index >= 15 is 0 Å². The van der Waals surface area contributed by atoms with E-state index in [9.17, 15) is 0 Å². The fourth-order valence-electron chi connectivity index (χ4n) is 2.12. The minimum Gasteiger partial charge on any atom is -0.378 e. The summed E-state index contributed by atoms with van der Waals surface area (Å²) in [6.07, 6.45) is 3.53. The third-order valence-corrected chi connectivity index (χ3v) is 3.34. The standard InChI is InChI=1S/C12H21N3O2/c1-3-16-10-4-9(5-10)6-11-14-12(15-17-11)8(2)7-13/h8-10H,3-7,13H2,1-2H3. The molecule has 1 aliphatic rings. The van der Waals surface area contributed by atoms with E-state index in [1.54, 1.807) is 0 Å². The van der Waals surface area contributed by atoms with Crippen LogP contribution in [0.5, 0.6) is 0 Å². The first-order valence-electron chi connectivity index (χ1n) is 6.37. The lowest BCUT2D eigenvalue weighted by Gasteiger charge is -2.33. The molecule has 1 fully saturated rings. The highest BCUT2D eigenvalue weighted by Crippen LogP contribution is 2.32. The van der Waals surface area contributed by atoms with E-state index in [2.05, 4.69) is 10.1 Å². The zero-order chi connectivity index (χ0) is 12.3. The van der Waals surface area contributed by atoms with Crippen LogP contribution in [-0.2, 0) is 11.2 Å². The molecule has 1 aliphatic carbocycles. The van der Waals surface area contributed by atoms with Crippen LogP contribution in [0.4, 0.5) is 0 Å². The summed E-state index contributed by atoms with van der Waals surface area (Å²) in [5.41, 5.74) is 5.57. The molecule has 5 nitrogen and oxygen atoms in total. The lowest BCUT2D eigenvalue weighted by molar-refractivity contribution is -0.0258. The van der Waals surface area contributed by atoms with Crippen LogP contribution in [0.25, 0.3) is 0 Å². The van der Waals surface area contributed by atoms with E-state index in [1.807, 2.05) is 13.8 Å². The highest BCUT2D eigenvalue weighted by atomic mass is 16.5. The van der Waals surface area contributed by atoms with Gasteiger partial charge in [0, 0.05) is 25.5 Å². The summed E-state index contributed by atoms with van der Waals surface area (Å²) in [7, 11) is 0. The van der Waals surface area contributed by atoms with Crippen molar-refractivity contribution in [3.8, 4) is 0 Å². The SMILES string of the molecule is CCOC1CC(Cc2nc(C(C)CN)no2)C1. The fourth-order valence-corrected chi connectivity index (χ4v) is 2.12. The van der Waals surface area contributed by atoms with Gasteiger partial charge < -0.3 is 15.0 Å². The average Bonchev–Trinajstić information content (AvgIpc) is 2.74. The Labute approximate surface area is 102 Å². The van der Waals surface area contributed by atoms with E-state index in [4.69, 9.17) is 15.0 Å². The van der Waals surface area contributed by atoms with Gasteiger partial charge in [-0.25, -0.2) is 0 Å². The minimum atomic E-state index is 0.171. The molecule has 0 saturated heterocycles. The zero-order valence-electron chi connectivity index (χ0n) is 10.6. The molecule has 1 aromatic heterocycles. The van der Waals surface area contributed by atoms with Crippen molar-refractivity contribution >= 4 is 0 Å². The predicted molar refractivity (Wildman–Crippen MR) is 63.6 cm³/mol. The molecule has 0 amide bonds. The van der Waals surface area contributed by atoms with Crippen molar-refractivity contribution in [2.45, 2.75) is 45.1 Å². The van der Waals surface area contributed by atoms with Crippen LogP contribution in [-0.4, -0.2) is 29.4 Å². The quantitative estimate of drug-likeness (QED) is 0.814. The normalized spacial score (nSPS) is 25.6. The Morgan fingerprint density at radius 3 is 2.94 bits per heavy atom. The number of rotatable bonds is 6. The Hall–Kier alpha value is -0.940. The summed E-state index contributed by atoms with van der Waals surface area (Å²) in [4.78, 5) is 4.38. The largest absolute Gasteiger partial charge is 0.378 e. The van der Waals surface area contributed by atoms with Crippen LogP contribution in [0.1, 0.15) is 44.3 Å². The summed E-state index contributed by atoms with van der Waals surface area (Å²) >= 11 is 0. The molecule has 96 valence electrons. The second-order valence-electron chi connectivity index (χ2n) is 4.80. The molecular weight excluding hydrogens is 218 g/mol. The number of nitrogens with two attached hydrogens (primary N) is 1. The summed E-state index contributed by atoms with van der Waals surface area (Å²) in [6, 6.07) is 0. The summed E-state index contributed by atoms with van der Waals surface area (Å²) < 4.78 is 10.8. The maximum absolute atomic E-state index is 5.57. The highest BCUT2D eigenvalue weighted by Gasteiger charge is 2.31. The number of ether oxygens (including phenoxy) is 1. The molecule has 1 aromatic rings. The van der Waals surface area contributed by atoms with Gasteiger partial charge in [-0.3, -0.25) is 0 Å². The van der Waals surface area contributed by atoms with Crippen molar-refractivity contribution in [2.24, 2.45) is 11.7 Å². The number of aromatic nitrogens is 2. The van der Waals surface area contributed by atoms with Gasteiger partial charge >= 0.3 is 0 Å². The molecule has 1 saturated carbocycles. The predicted octanol–water partition coefficient (Wildman–Crippen LogP) is 1.49. The summed E-state index contributed by atoms with van der Waals surface area (Å²) in [5.74, 6) is 2.27. The number of hydrogen-bond donors (Lipinski definition) is 1. The maximum Gasteiger partial charge on any atom is 0.226 e. The summed E-state index contributed by atoms with van der Waals surface area (Å²) in [6.45, 7) is 5.39. The van der Waals surface area contributed by atoms with Gasteiger partial charge in [0.2, 0.25) is 5.89 Å². The highest BCUT2D eigenvalue weighted by molar-refractivity contribution is 4.96. The van der Waals surface area contributed by atoms with Gasteiger partial charge in [0.15, 0.2) is 5.82 Å². The van der Waals surface area contributed by atoms with Gasteiger partial charge in [-0.1, -0.05) is 12.1 Å². The van der Waals surface area contributed by atoms with Gasteiger partial charge in [0.25, 0.3) is 0 Å². The molecule has 0 aliphatic heterocycles. The van der Waals surface area contributed by atoms with Crippen molar-refractivity contribution in [3.05, 3.63) is 11.7 Å². The van der Waals surface area contributed by atoms with E-state index in [-0.39, 0.29) is 5.92 Å². The van der Waals surface area contributed by atoms with Gasteiger partial charge in [0.1, 0.15) is 0 Å². The molecule has 2 rings (SSSR count). The molecule has 1 unspecified atom stereocenters. The van der Waals surface area contributed by atoms with Crippen molar-refractivity contribution < 1.29 is 9.26 Å². The Bertz CT molecular complexity index is 347. The third kappa shape index (κ3) is 3.04. The lowest BCUT2D eigenvalue weighted by atomic mass is 9.80.